The monoisotopic (exact) mass is 192 g/mol. The fourth-order valence-corrected chi connectivity index (χ4v) is 1.15. The minimum Gasteiger partial charge on any atom is -0.358 e. The third-order valence-corrected chi connectivity index (χ3v) is 1.90. The number of hydrogen-bond acceptors (Lipinski definition) is 3. The van der Waals surface area contributed by atoms with E-state index in [2.05, 4.69) is 11.1 Å². The molecule has 0 aromatic carbocycles. The molecule has 1 aromatic rings. The topological polar surface area (TPSA) is 56.0 Å². The lowest BCUT2D eigenvalue weighted by atomic mass is 10.1. The van der Waals surface area contributed by atoms with Crippen LogP contribution >= 0.6 is 0 Å². The van der Waals surface area contributed by atoms with Crippen LogP contribution in [0.5, 0.6) is 0 Å². The molecule has 0 radical (unpaired) electrons. The number of hydrogen-bond donors (Lipinski definition) is 0. The van der Waals surface area contributed by atoms with Gasteiger partial charge in [-0.2, -0.15) is 0 Å². The van der Waals surface area contributed by atoms with Crippen LogP contribution in [0.15, 0.2) is 24.4 Å². The number of nitrogens with zero attached hydrogens (tertiary/aromatic N) is 2. The molecule has 0 bridgehead atoms. The van der Waals surface area contributed by atoms with Gasteiger partial charge in [0.05, 0.1) is 0 Å². The van der Waals surface area contributed by atoms with E-state index in [0.717, 1.165) is 17.6 Å². The van der Waals surface area contributed by atoms with Gasteiger partial charge in [0.1, 0.15) is 6.20 Å². The average molecular weight is 192 g/mol. The van der Waals surface area contributed by atoms with Gasteiger partial charge in [-0.25, -0.2) is 0 Å². The first-order chi connectivity index (χ1) is 6.65. The largest absolute Gasteiger partial charge is 0.363 e. The predicted octanol–water partition coefficient (Wildman–Crippen LogP) is 2.80. The second-order valence-electron chi connectivity index (χ2n) is 2.96. The molecule has 0 aliphatic rings. The van der Waals surface area contributed by atoms with Gasteiger partial charge in [-0.15, -0.1) is 0 Å². The maximum Gasteiger partial charge on any atom is 0.363 e. The lowest BCUT2D eigenvalue weighted by molar-refractivity contribution is -0.389. The molecule has 0 amide bonds. The van der Waals surface area contributed by atoms with Crippen molar-refractivity contribution >= 4 is 11.4 Å². The second-order valence-corrected chi connectivity index (χ2v) is 2.96. The summed E-state index contributed by atoms with van der Waals surface area (Å²) in [6, 6.07) is 3.13. The van der Waals surface area contributed by atoms with E-state index < -0.39 is 4.92 Å². The molecule has 74 valence electrons. The van der Waals surface area contributed by atoms with Gasteiger partial charge in [0, 0.05) is 11.6 Å². The third kappa shape index (κ3) is 2.39. The highest BCUT2D eigenvalue weighted by Gasteiger charge is 2.06. The number of rotatable bonds is 3. The van der Waals surface area contributed by atoms with Crippen molar-refractivity contribution in [2.45, 2.75) is 20.3 Å². The molecule has 4 heteroatoms. The molecular weight excluding hydrogens is 180 g/mol. The van der Waals surface area contributed by atoms with Crippen LogP contribution in [0.1, 0.15) is 25.8 Å². The molecular formula is C10H12N2O2. The normalized spacial score (nSPS) is 11.4. The summed E-state index contributed by atoms with van der Waals surface area (Å²) in [5.74, 6) is -0.113. The zero-order chi connectivity index (χ0) is 10.6. The van der Waals surface area contributed by atoms with E-state index in [-0.39, 0.29) is 5.82 Å². The van der Waals surface area contributed by atoms with E-state index in [4.69, 9.17) is 0 Å². The fourth-order valence-electron chi connectivity index (χ4n) is 1.15. The molecule has 4 nitrogen and oxygen atoms in total. The summed E-state index contributed by atoms with van der Waals surface area (Å²) < 4.78 is 0. The fraction of sp³-hybridized carbons (Fsp3) is 0.300. The maximum absolute atomic E-state index is 10.3. The van der Waals surface area contributed by atoms with Gasteiger partial charge in [0.2, 0.25) is 0 Å². The molecule has 0 fully saturated rings. The third-order valence-electron chi connectivity index (χ3n) is 1.90. The zero-order valence-corrected chi connectivity index (χ0v) is 8.23. The van der Waals surface area contributed by atoms with Crippen molar-refractivity contribution < 1.29 is 4.92 Å². The van der Waals surface area contributed by atoms with Gasteiger partial charge in [-0.1, -0.05) is 13.0 Å². The van der Waals surface area contributed by atoms with Gasteiger partial charge >= 0.3 is 5.82 Å². The van der Waals surface area contributed by atoms with Gasteiger partial charge < -0.3 is 10.1 Å². The standard InChI is InChI=1S/C10H12N2O2/c1-3-4-8(2)9-5-6-10(11-7-9)12(13)14/h4-7H,3H2,1-2H3/b8-4+. The number of nitro groups is 1. The summed E-state index contributed by atoms with van der Waals surface area (Å²) >= 11 is 0. The van der Waals surface area contributed by atoms with E-state index in [0.29, 0.717) is 0 Å². The van der Waals surface area contributed by atoms with Crippen molar-refractivity contribution in [3.8, 4) is 0 Å². The molecule has 14 heavy (non-hydrogen) atoms. The van der Waals surface area contributed by atoms with Gasteiger partial charge in [-0.3, -0.25) is 0 Å². The number of pyridine rings is 1. The predicted molar refractivity (Wildman–Crippen MR) is 54.8 cm³/mol. The van der Waals surface area contributed by atoms with E-state index >= 15 is 0 Å². The van der Waals surface area contributed by atoms with Crippen LogP contribution in [0.25, 0.3) is 5.57 Å². The summed E-state index contributed by atoms with van der Waals surface area (Å²) in [7, 11) is 0. The van der Waals surface area contributed by atoms with Crippen molar-refractivity contribution in [3.63, 3.8) is 0 Å². The van der Waals surface area contributed by atoms with Crippen molar-refractivity contribution in [3.05, 3.63) is 40.1 Å². The molecule has 1 heterocycles. The second kappa shape index (κ2) is 4.50. The Morgan fingerprint density at radius 2 is 2.36 bits per heavy atom. The highest BCUT2D eigenvalue weighted by Crippen LogP contribution is 2.15. The molecule has 0 N–H and O–H groups in total. The summed E-state index contributed by atoms with van der Waals surface area (Å²) in [6.07, 6.45) is 4.53. The summed E-state index contributed by atoms with van der Waals surface area (Å²) in [5.41, 5.74) is 2.02. The quantitative estimate of drug-likeness (QED) is 0.546. The van der Waals surface area contributed by atoms with Crippen LogP contribution in [0.2, 0.25) is 0 Å². The summed E-state index contributed by atoms with van der Waals surface area (Å²) in [5, 5.41) is 10.3. The van der Waals surface area contributed by atoms with E-state index in [1.165, 1.54) is 12.3 Å². The van der Waals surface area contributed by atoms with Crippen molar-refractivity contribution in [1.82, 2.24) is 4.98 Å². The van der Waals surface area contributed by atoms with E-state index in [1.807, 2.05) is 13.8 Å². The first-order valence-corrected chi connectivity index (χ1v) is 4.42. The lowest BCUT2D eigenvalue weighted by Crippen LogP contribution is -1.92. The Hall–Kier alpha value is -1.71. The Kier molecular flexibility index (Phi) is 3.34. The van der Waals surface area contributed by atoms with Crippen LogP contribution in [-0.4, -0.2) is 9.91 Å². The number of allylic oxidation sites excluding steroid dienone is 2. The maximum atomic E-state index is 10.3. The van der Waals surface area contributed by atoms with Crippen LogP contribution < -0.4 is 0 Å². The van der Waals surface area contributed by atoms with Crippen LogP contribution in [-0.2, 0) is 0 Å². The van der Waals surface area contributed by atoms with Crippen LogP contribution in [0, 0.1) is 10.1 Å². The van der Waals surface area contributed by atoms with Crippen molar-refractivity contribution in [1.29, 1.82) is 0 Å². The molecule has 0 unspecified atom stereocenters. The Morgan fingerprint density at radius 1 is 1.64 bits per heavy atom. The van der Waals surface area contributed by atoms with Crippen LogP contribution in [0.4, 0.5) is 5.82 Å². The minimum absolute atomic E-state index is 0.113. The molecule has 0 saturated carbocycles. The summed E-state index contributed by atoms with van der Waals surface area (Å²) in [4.78, 5) is 13.6. The Bertz CT molecular complexity index is 355. The molecule has 0 aliphatic carbocycles. The smallest absolute Gasteiger partial charge is 0.358 e. The summed E-state index contributed by atoms with van der Waals surface area (Å²) in [6.45, 7) is 4.01. The number of aromatic nitrogens is 1. The van der Waals surface area contributed by atoms with Gasteiger partial charge in [0.15, 0.2) is 0 Å². The molecule has 0 saturated heterocycles. The highest BCUT2D eigenvalue weighted by atomic mass is 16.6. The highest BCUT2D eigenvalue weighted by molar-refractivity contribution is 5.63. The van der Waals surface area contributed by atoms with Gasteiger partial charge in [0.25, 0.3) is 0 Å². The first-order valence-electron chi connectivity index (χ1n) is 4.42. The van der Waals surface area contributed by atoms with E-state index in [1.54, 1.807) is 6.07 Å². The molecule has 0 spiro atoms. The van der Waals surface area contributed by atoms with Crippen LogP contribution in [0.3, 0.4) is 0 Å². The molecule has 0 aliphatic heterocycles. The zero-order valence-electron chi connectivity index (χ0n) is 8.23. The SMILES string of the molecule is CC/C=C(\C)c1ccc([N+](=O)[O-])nc1. The average Bonchev–Trinajstić information content (AvgIpc) is 2.18. The first kappa shape index (κ1) is 10.4. The molecule has 0 atom stereocenters. The molecule has 1 rings (SSSR count). The minimum atomic E-state index is -0.497. The Morgan fingerprint density at radius 3 is 2.79 bits per heavy atom. The Labute approximate surface area is 82.4 Å². The molecule has 1 aromatic heterocycles. The van der Waals surface area contributed by atoms with Crippen molar-refractivity contribution in [2.75, 3.05) is 0 Å². The lowest BCUT2D eigenvalue weighted by Gasteiger charge is -1.97. The van der Waals surface area contributed by atoms with Gasteiger partial charge in [-0.05, 0) is 34.9 Å². The Balaban J connectivity index is 2.94. The van der Waals surface area contributed by atoms with E-state index in [9.17, 15) is 10.1 Å². The van der Waals surface area contributed by atoms with Crippen molar-refractivity contribution in [2.24, 2.45) is 0 Å².